The van der Waals surface area contributed by atoms with Gasteiger partial charge >= 0.3 is 0 Å². The summed E-state index contributed by atoms with van der Waals surface area (Å²) in [6, 6.07) is 8.56. The van der Waals surface area contributed by atoms with Crippen LogP contribution in [0.4, 0.5) is 0 Å². The molecule has 102 valence electrons. The fraction of sp³-hybridized carbons (Fsp3) is 0.600. The van der Waals surface area contributed by atoms with Gasteiger partial charge in [0.2, 0.25) is 0 Å². The van der Waals surface area contributed by atoms with Crippen molar-refractivity contribution in [3.8, 4) is 5.75 Å². The molecule has 0 atom stereocenters. The molecular formula is C15H24OS2. The van der Waals surface area contributed by atoms with Crippen molar-refractivity contribution < 1.29 is 4.74 Å². The van der Waals surface area contributed by atoms with Crippen LogP contribution in [0.3, 0.4) is 0 Å². The van der Waals surface area contributed by atoms with Gasteiger partial charge in [0.1, 0.15) is 5.75 Å². The van der Waals surface area contributed by atoms with Crippen molar-refractivity contribution in [2.24, 2.45) is 0 Å². The summed E-state index contributed by atoms with van der Waals surface area (Å²) in [7, 11) is 0. The largest absolute Gasteiger partial charge is 0.494 e. The highest BCUT2D eigenvalue weighted by molar-refractivity contribution is 8.16. The fourth-order valence-electron chi connectivity index (χ4n) is 1.61. The first-order valence-electron chi connectivity index (χ1n) is 6.77. The monoisotopic (exact) mass is 284 g/mol. The molecule has 1 aromatic rings. The van der Waals surface area contributed by atoms with Gasteiger partial charge < -0.3 is 4.74 Å². The molecule has 3 heteroatoms. The Balaban J connectivity index is 2.72. The highest BCUT2D eigenvalue weighted by atomic mass is 32.2. The Morgan fingerprint density at radius 3 is 2.28 bits per heavy atom. The highest BCUT2D eigenvalue weighted by Gasteiger charge is 2.12. The zero-order valence-corrected chi connectivity index (χ0v) is 13.3. The SMILES string of the molecule is CCCSC(SCCC)c1cccc(OCC)c1. The third-order valence-corrected chi connectivity index (χ3v) is 5.64. The van der Waals surface area contributed by atoms with Crippen LogP contribution < -0.4 is 4.74 Å². The number of hydrogen-bond acceptors (Lipinski definition) is 3. The minimum absolute atomic E-state index is 0.547. The van der Waals surface area contributed by atoms with Crippen molar-refractivity contribution >= 4 is 23.5 Å². The fourth-order valence-corrected chi connectivity index (χ4v) is 4.15. The summed E-state index contributed by atoms with van der Waals surface area (Å²) in [6.45, 7) is 7.25. The van der Waals surface area contributed by atoms with Crippen molar-refractivity contribution in [1.82, 2.24) is 0 Å². The lowest BCUT2D eigenvalue weighted by molar-refractivity contribution is 0.340. The summed E-state index contributed by atoms with van der Waals surface area (Å²) < 4.78 is 6.13. The summed E-state index contributed by atoms with van der Waals surface area (Å²) >= 11 is 4.10. The molecule has 1 rings (SSSR count). The molecule has 18 heavy (non-hydrogen) atoms. The quantitative estimate of drug-likeness (QED) is 0.564. The molecule has 0 heterocycles. The molecule has 0 aliphatic rings. The zero-order valence-electron chi connectivity index (χ0n) is 11.6. The van der Waals surface area contributed by atoms with Crippen molar-refractivity contribution in [2.45, 2.75) is 38.2 Å². The molecule has 1 aromatic carbocycles. The van der Waals surface area contributed by atoms with E-state index in [9.17, 15) is 0 Å². The number of ether oxygens (including phenoxy) is 1. The standard InChI is InChI=1S/C15H24OS2/c1-4-10-17-15(18-11-5-2)13-8-7-9-14(12-13)16-6-3/h7-9,12,15H,4-6,10-11H2,1-3H3. The van der Waals surface area contributed by atoms with Crippen LogP contribution in [-0.2, 0) is 0 Å². The van der Waals surface area contributed by atoms with Gasteiger partial charge in [0, 0.05) is 0 Å². The molecular weight excluding hydrogens is 260 g/mol. The molecule has 0 aliphatic carbocycles. The van der Waals surface area contributed by atoms with Crippen LogP contribution in [-0.4, -0.2) is 18.1 Å². The van der Waals surface area contributed by atoms with Gasteiger partial charge in [-0.3, -0.25) is 0 Å². The van der Waals surface area contributed by atoms with E-state index in [0.29, 0.717) is 4.58 Å². The highest BCUT2D eigenvalue weighted by Crippen LogP contribution is 2.40. The molecule has 0 N–H and O–H groups in total. The lowest BCUT2D eigenvalue weighted by Gasteiger charge is -2.17. The molecule has 0 spiro atoms. The first-order chi connectivity index (χ1) is 8.81. The Kier molecular flexibility index (Phi) is 8.44. The van der Waals surface area contributed by atoms with Crippen molar-refractivity contribution in [3.63, 3.8) is 0 Å². The van der Waals surface area contributed by atoms with E-state index >= 15 is 0 Å². The van der Waals surface area contributed by atoms with Gasteiger partial charge in [-0.1, -0.05) is 26.0 Å². The summed E-state index contributed by atoms with van der Waals surface area (Å²) in [6.07, 6.45) is 2.47. The van der Waals surface area contributed by atoms with Crippen LogP contribution in [0, 0.1) is 0 Å². The number of hydrogen-bond donors (Lipinski definition) is 0. The lowest BCUT2D eigenvalue weighted by atomic mass is 10.2. The molecule has 0 saturated carbocycles. The van der Waals surface area contributed by atoms with Crippen LogP contribution in [0.15, 0.2) is 24.3 Å². The zero-order chi connectivity index (χ0) is 13.2. The molecule has 0 radical (unpaired) electrons. The van der Waals surface area contributed by atoms with E-state index in [4.69, 9.17) is 4.74 Å². The van der Waals surface area contributed by atoms with Crippen LogP contribution in [0.2, 0.25) is 0 Å². The molecule has 0 bridgehead atoms. The van der Waals surface area contributed by atoms with Crippen LogP contribution in [0.1, 0.15) is 43.8 Å². The van der Waals surface area contributed by atoms with Crippen LogP contribution in [0.25, 0.3) is 0 Å². The maximum absolute atomic E-state index is 5.59. The average Bonchev–Trinajstić information content (AvgIpc) is 2.40. The first-order valence-corrected chi connectivity index (χ1v) is 8.87. The van der Waals surface area contributed by atoms with E-state index in [1.807, 2.05) is 36.5 Å². The Morgan fingerprint density at radius 2 is 1.72 bits per heavy atom. The number of rotatable bonds is 9. The van der Waals surface area contributed by atoms with Gasteiger partial charge in [-0.2, -0.15) is 0 Å². The molecule has 0 amide bonds. The Labute approximate surface area is 120 Å². The number of thioether (sulfide) groups is 2. The topological polar surface area (TPSA) is 9.23 Å². The maximum Gasteiger partial charge on any atom is 0.119 e. The summed E-state index contributed by atoms with van der Waals surface area (Å²) in [4.78, 5) is 0. The second-order valence-electron chi connectivity index (χ2n) is 4.08. The predicted molar refractivity (Wildman–Crippen MR) is 85.9 cm³/mol. The van der Waals surface area contributed by atoms with Gasteiger partial charge in [0.25, 0.3) is 0 Å². The van der Waals surface area contributed by atoms with Crippen LogP contribution in [0.5, 0.6) is 5.75 Å². The number of benzene rings is 1. The van der Waals surface area contributed by atoms with Crippen molar-refractivity contribution in [1.29, 1.82) is 0 Å². The predicted octanol–water partition coefficient (Wildman–Crippen LogP) is 5.37. The molecule has 0 aliphatic heterocycles. The van der Waals surface area contributed by atoms with E-state index in [0.717, 1.165) is 12.4 Å². The van der Waals surface area contributed by atoms with Crippen molar-refractivity contribution in [3.05, 3.63) is 29.8 Å². The van der Waals surface area contributed by atoms with Gasteiger partial charge in [-0.05, 0) is 49.0 Å². The summed E-state index contributed by atoms with van der Waals surface area (Å²) in [5.74, 6) is 3.44. The maximum atomic E-state index is 5.59. The van der Waals surface area contributed by atoms with E-state index in [2.05, 4.69) is 32.0 Å². The van der Waals surface area contributed by atoms with Crippen LogP contribution >= 0.6 is 23.5 Å². The summed E-state index contributed by atoms with van der Waals surface area (Å²) in [5.41, 5.74) is 1.39. The van der Waals surface area contributed by atoms with Gasteiger partial charge in [0.15, 0.2) is 0 Å². The Bertz CT molecular complexity index is 320. The van der Waals surface area contributed by atoms with E-state index in [1.54, 1.807) is 0 Å². The van der Waals surface area contributed by atoms with Gasteiger partial charge in [-0.15, -0.1) is 23.5 Å². The third-order valence-electron chi connectivity index (χ3n) is 2.39. The molecule has 0 unspecified atom stereocenters. The van der Waals surface area contributed by atoms with Gasteiger partial charge in [0.05, 0.1) is 11.2 Å². The first kappa shape index (κ1) is 15.8. The second-order valence-corrected chi connectivity index (χ2v) is 6.80. The second kappa shape index (κ2) is 9.62. The molecule has 0 saturated heterocycles. The minimum Gasteiger partial charge on any atom is -0.494 e. The molecule has 1 nitrogen and oxygen atoms in total. The minimum atomic E-state index is 0.547. The molecule has 0 fully saturated rings. The third kappa shape index (κ3) is 5.57. The average molecular weight is 284 g/mol. The normalized spacial score (nSPS) is 10.9. The van der Waals surface area contributed by atoms with Crippen molar-refractivity contribution in [2.75, 3.05) is 18.1 Å². The Morgan fingerprint density at radius 1 is 1.06 bits per heavy atom. The lowest BCUT2D eigenvalue weighted by Crippen LogP contribution is -1.96. The Hall–Kier alpha value is -0.280. The smallest absolute Gasteiger partial charge is 0.119 e. The van der Waals surface area contributed by atoms with Gasteiger partial charge in [-0.25, -0.2) is 0 Å². The van der Waals surface area contributed by atoms with E-state index in [-0.39, 0.29) is 0 Å². The summed E-state index contributed by atoms with van der Waals surface area (Å²) in [5, 5.41) is 0. The van der Waals surface area contributed by atoms with E-state index < -0.39 is 0 Å². The van der Waals surface area contributed by atoms with E-state index in [1.165, 1.54) is 29.9 Å². The molecule has 0 aromatic heterocycles.